The van der Waals surface area contributed by atoms with Crippen molar-refractivity contribution >= 4 is 11.4 Å². The molecular weight excluding hydrogens is 353 g/mol. The van der Waals surface area contributed by atoms with Crippen LogP contribution in [0.25, 0.3) is 11.1 Å². The SMILES string of the molecule is CC(=N)c1ncc(-c2ccc(F)c(C(F)F)c2)cc1NCc1cccnc1. The van der Waals surface area contributed by atoms with Gasteiger partial charge in [0.2, 0.25) is 0 Å². The Bertz CT molecular complexity index is 959. The predicted octanol–water partition coefficient (Wildman–Crippen LogP) is 5.22. The first kappa shape index (κ1) is 18.6. The highest BCUT2D eigenvalue weighted by atomic mass is 19.3. The van der Waals surface area contributed by atoms with Crippen LogP contribution in [-0.4, -0.2) is 15.7 Å². The molecule has 3 aromatic rings. The number of aromatic nitrogens is 2. The second-order valence-electron chi connectivity index (χ2n) is 6.00. The van der Waals surface area contributed by atoms with Crippen molar-refractivity contribution in [2.45, 2.75) is 19.9 Å². The molecule has 0 spiro atoms. The molecule has 1 aromatic carbocycles. The molecule has 7 heteroatoms. The van der Waals surface area contributed by atoms with Crippen molar-refractivity contribution in [3.05, 3.63) is 77.6 Å². The standard InChI is InChI=1S/C20H17F3N4/c1-12(24)19-18(26-10-13-3-2-6-25-9-13)8-15(11-27-19)14-4-5-17(21)16(7-14)20(22)23/h2-9,11,20,24,26H,10H2,1H3. The number of pyridine rings is 2. The second kappa shape index (κ2) is 7.99. The topological polar surface area (TPSA) is 61.7 Å². The molecule has 0 radical (unpaired) electrons. The number of benzene rings is 1. The first-order chi connectivity index (χ1) is 13.0. The predicted molar refractivity (Wildman–Crippen MR) is 98.7 cm³/mol. The Morgan fingerprint density at radius 3 is 2.63 bits per heavy atom. The summed E-state index contributed by atoms with van der Waals surface area (Å²) in [6, 6.07) is 9.02. The van der Waals surface area contributed by atoms with Crippen LogP contribution in [0.5, 0.6) is 0 Å². The molecule has 0 aliphatic heterocycles. The number of hydrogen-bond donors (Lipinski definition) is 2. The van der Waals surface area contributed by atoms with E-state index in [2.05, 4.69) is 15.3 Å². The molecule has 0 amide bonds. The number of alkyl halides is 2. The fourth-order valence-corrected chi connectivity index (χ4v) is 2.65. The number of anilines is 1. The highest BCUT2D eigenvalue weighted by molar-refractivity contribution is 6.00. The van der Waals surface area contributed by atoms with Crippen LogP contribution in [0.2, 0.25) is 0 Å². The van der Waals surface area contributed by atoms with Gasteiger partial charge in [-0.2, -0.15) is 0 Å². The second-order valence-corrected chi connectivity index (χ2v) is 6.00. The summed E-state index contributed by atoms with van der Waals surface area (Å²) >= 11 is 0. The van der Waals surface area contributed by atoms with Crippen LogP contribution in [0.3, 0.4) is 0 Å². The van der Waals surface area contributed by atoms with Gasteiger partial charge in [0, 0.05) is 30.7 Å². The summed E-state index contributed by atoms with van der Waals surface area (Å²) in [4.78, 5) is 8.33. The van der Waals surface area contributed by atoms with Crippen LogP contribution in [0.1, 0.15) is 30.2 Å². The van der Waals surface area contributed by atoms with Crippen LogP contribution in [0.15, 0.2) is 55.0 Å². The third kappa shape index (κ3) is 4.31. The van der Waals surface area contributed by atoms with E-state index in [4.69, 9.17) is 5.41 Å². The molecule has 0 aliphatic rings. The molecule has 2 aromatic heterocycles. The maximum Gasteiger partial charge on any atom is 0.266 e. The molecule has 4 nitrogen and oxygen atoms in total. The monoisotopic (exact) mass is 370 g/mol. The number of halogens is 3. The quantitative estimate of drug-likeness (QED) is 0.585. The van der Waals surface area contributed by atoms with E-state index >= 15 is 0 Å². The maximum absolute atomic E-state index is 13.6. The summed E-state index contributed by atoms with van der Waals surface area (Å²) in [6.45, 7) is 2.08. The van der Waals surface area contributed by atoms with Gasteiger partial charge in [-0.1, -0.05) is 12.1 Å². The van der Waals surface area contributed by atoms with Crippen molar-refractivity contribution in [1.82, 2.24) is 9.97 Å². The minimum Gasteiger partial charge on any atom is -0.379 e. The van der Waals surface area contributed by atoms with Crippen molar-refractivity contribution < 1.29 is 13.2 Å². The van der Waals surface area contributed by atoms with Gasteiger partial charge in [-0.25, -0.2) is 13.2 Å². The molecular formula is C20H17F3N4. The molecule has 0 bridgehead atoms. The molecule has 2 N–H and O–H groups in total. The molecule has 0 aliphatic carbocycles. The van der Waals surface area contributed by atoms with E-state index in [1.54, 1.807) is 25.4 Å². The fraction of sp³-hybridized carbons (Fsp3) is 0.150. The van der Waals surface area contributed by atoms with E-state index in [1.165, 1.54) is 12.3 Å². The first-order valence-electron chi connectivity index (χ1n) is 8.22. The van der Waals surface area contributed by atoms with E-state index in [0.717, 1.165) is 17.7 Å². The zero-order chi connectivity index (χ0) is 19.4. The average molecular weight is 370 g/mol. The third-order valence-electron chi connectivity index (χ3n) is 4.01. The molecule has 0 atom stereocenters. The minimum absolute atomic E-state index is 0.266. The van der Waals surface area contributed by atoms with E-state index in [1.807, 2.05) is 12.1 Å². The highest BCUT2D eigenvalue weighted by Crippen LogP contribution is 2.30. The summed E-state index contributed by atoms with van der Waals surface area (Å²) in [5, 5.41) is 11.1. The van der Waals surface area contributed by atoms with Crippen molar-refractivity contribution in [1.29, 1.82) is 5.41 Å². The van der Waals surface area contributed by atoms with Gasteiger partial charge < -0.3 is 10.7 Å². The summed E-state index contributed by atoms with van der Waals surface area (Å²) in [6.07, 6.45) is 1.99. The number of nitrogens with one attached hydrogen (secondary N) is 2. The lowest BCUT2D eigenvalue weighted by molar-refractivity contribution is 0.146. The van der Waals surface area contributed by atoms with Crippen molar-refractivity contribution in [3.8, 4) is 11.1 Å². The molecule has 27 heavy (non-hydrogen) atoms. The summed E-state index contributed by atoms with van der Waals surface area (Å²) in [5.74, 6) is -0.941. The number of rotatable bonds is 6. The zero-order valence-corrected chi connectivity index (χ0v) is 14.5. The molecule has 2 heterocycles. The van der Waals surface area contributed by atoms with Gasteiger partial charge in [0.15, 0.2) is 0 Å². The highest BCUT2D eigenvalue weighted by Gasteiger charge is 2.15. The molecule has 0 saturated heterocycles. The Morgan fingerprint density at radius 1 is 1.15 bits per heavy atom. The lowest BCUT2D eigenvalue weighted by atomic mass is 10.0. The van der Waals surface area contributed by atoms with Gasteiger partial charge in [0.1, 0.15) is 11.5 Å². The van der Waals surface area contributed by atoms with Crippen LogP contribution in [0, 0.1) is 11.2 Å². The lowest BCUT2D eigenvalue weighted by Gasteiger charge is -2.13. The largest absolute Gasteiger partial charge is 0.379 e. The van der Waals surface area contributed by atoms with Crippen LogP contribution < -0.4 is 5.32 Å². The van der Waals surface area contributed by atoms with Gasteiger partial charge in [-0.05, 0) is 42.3 Å². The molecule has 138 valence electrons. The Hall–Kier alpha value is -3.22. The van der Waals surface area contributed by atoms with Gasteiger partial charge in [0.25, 0.3) is 6.43 Å². The van der Waals surface area contributed by atoms with Crippen molar-refractivity contribution in [2.24, 2.45) is 0 Å². The van der Waals surface area contributed by atoms with E-state index in [0.29, 0.717) is 29.1 Å². The molecule has 0 fully saturated rings. The average Bonchev–Trinajstić information content (AvgIpc) is 2.67. The van der Waals surface area contributed by atoms with E-state index < -0.39 is 17.8 Å². The molecule has 0 saturated carbocycles. The van der Waals surface area contributed by atoms with E-state index in [-0.39, 0.29) is 5.71 Å². The summed E-state index contributed by atoms with van der Waals surface area (Å²) in [7, 11) is 0. The zero-order valence-electron chi connectivity index (χ0n) is 14.5. The number of nitrogens with zero attached hydrogens (tertiary/aromatic N) is 2. The van der Waals surface area contributed by atoms with Gasteiger partial charge >= 0.3 is 0 Å². The Labute approximate surface area is 154 Å². The minimum atomic E-state index is -2.90. The summed E-state index contributed by atoms with van der Waals surface area (Å²) in [5.41, 5.74) is 2.59. The Balaban J connectivity index is 1.96. The van der Waals surface area contributed by atoms with Gasteiger partial charge in [-0.3, -0.25) is 9.97 Å². The summed E-state index contributed by atoms with van der Waals surface area (Å²) < 4.78 is 39.5. The van der Waals surface area contributed by atoms with Crippen LogP contribution >= 0.6 is 0 Å². The van der Waals surface area contributed by atoms with Crippen LogP contribution in [-0.2, 0) is 6.54 Å². The number of hydrogen-bond acceptors (Lipinski definition) is 4. The Kier molecular flexibility index (Phi) is 5.49. The lowest BCUT2D eigenvalue weighted by Crippen LogP contribution is -2.07. The normalized spacial score (nSPS) is 10.9. The maximum atomic E-state index is 13.6. The van der Waals surface area contributed by atoms with Crippen molar-refractivity contribution in [3.63, 3.8) is 0 Å². The Morgan fingerprint density at radius 2 is 1.96 bits per heavy atom. The molecule has 3 rings (SSSR count). The van der Waals surface area contributed by atoms with Crippen molar-refractivity contribution in [2.75, 3.05) is 5.32 Å². The van der Waals surface area contributed by atoms with Gasteiger partial charge in [0.05, 0.1) is 17.0 Å². The fourth-order valence-electron chi connectivity index (χ4n) is 2.65. The van der Waals surface area contributed by atoms with Gasteiger partial charge in [-0.15, -0.1) is 0 Å². The third-order valence-corrected chi connectivity index (χ3v) is 4.01. The molecule has 0 unspecified atom stereocenters. The smallest absolute Gasteiger partial charge is 0.266 e. The van der Waals surface area contributed by atoms with Crippen LogP contribution in [0.4, 0.5) is 18.9 Å². The van der Waals surface area contributed by atoms with E-state index in [9.17, 15) is 13.2 Å². The first-order valence-corrected chi connectivity index (χ1v) is 8.22.